The lowest BCUT2D eigenvalue weighted by Gasteiger charge is -2.27. The standard InChI is InChI=1S/C20H17FN4O/c21-17-4-2-1-3-16(17)20-23-18(14-5-9-22-10-6-14)13-19(24-20)25-11-7-15(26)8-12-25/h1-6,9-10,13H,7-8,11-12H2. The van der Waals surface area contributed by atoms with E-state index in [4.69, 9.17) is 0 Å². The van der Waals surface area contributed by atoms with E-state index in [1.807, 2.05) is 18.2 Å². The van der Waals surface area contributed by atoms with Gasteiger partial charge >= 0.3 is 0 Å². The molecular weight excluding hydrogens is 331 g/mol. The molecule has 0 spiro atoms. The smallest absolute Gasteiger partial charge is 0.165 e. The van der Waals surface area contributed by atoms with E-state index in [0.717, 1.165) is 5.56 Å². The minimum atomic E-state index is -0.362. The Morgan fingerprint density at radius 3 is 2.42 bits per heavy atom. The average Bonchev–Trinajstić information content (AvgIpc) is 2.69. The van der Waals surface area contributed by atoms with E-state index in [0.29, 0.717) is 48.8 Å². The highest BCUT2D eigenvalue weighted by molar-refractivity contribution is 5.81. The van der Waals surface area contributed by atoms with E-state index in [2.05, 4.69) is 19.9 Å². The maximum Gasteiger partial charge on any atom is 0.165 e. The number of pyridine rings is 1. The van der Waals surface area contributed by atoms with Gasteiger partial charge in [0.05, 0.1) is 11.3 Å². The third-order valence-electron chi connectivity index (χ3n) is 4.45. The number of piperidine rings is 1. The van der Waals surface area contributed by atoms with Crippen LogP contribution < -0.4 is 4.90 Å². The van der Waals surface area contributed by atoms with Crippen molar-refractivity contribution in [2.75, 3.05) is 18.0 Å². The third-order valence-corrected chi connectivity index (χ3v) is 4.45. The molecule has 0 unspecified atom stereocenters. The molecule has 0 N–H and O–H groups in total. The van der Waals surface area contributed by atoms with Gasteiger partial charge in [-0.1, -0.05) is 12.1 Å². The van der Waals surface area contributed by atoms with Crippen molar-refractivity contribution in [3.8, 4) is 22.6 Å². The summed E-state index contributed by atoms with van der Waals surface area (Å²) in [6.07, 6.45) is 4.39. The van der Waals surface area contributed by atoms with Gasteiger partial charge < -0.3 is 4.90 Å². The van der Waals surface area contributed by atoms with E-state index in [9.17, 15) is 9.18 Å². The van der Waals surface area contributed by atoms with Gasteiger partial charge in [0.2, 0.25) is 0 Å². The zero-order chi connectivity index (χ0) is 17.9. The number of benzene rings is 1. The number of nitrogens with zero attached hydrogens (tertiary/aromatic N) is 4. The van der Waals surface area contributed by atoms with Crippen LogP contribution in [0.25, 0.3) is 22.6 Å². The summed E-state index contributed by atoms with van der Waals surface area (Å²) in [5.41, 5.74) is 1.94. The Labute approximate surface area is 150 Å². The molecule has 1 fully saturated rings. The highest BCUT2D eigenvalue weighted by atomic mass is 19.1. The molecule has 4 rings (SSSR count). The molecule has 0 saturated carbocycles. The summed E-state index contributed by atoms with van der Waals surface area (Å²) in [5.74, 6) is 0.944. The number of hydrogen-bond donors (Lipinski definition) is 0. The number of halogens is 1. The second-order valence-corrected chi connectivity index (χ2v) is 6.18. The fourth-order valence-corrected chi connectivity index (χ4v) is 3.02. The summed E-state index contributed by atoms with van der Waals surface area (Å²) < 4.78 is 14.3. The number of carbonyl (C=O) groups excluding carboxylic acids is 1. The van der Waals surface area contributed by atoms with Crippen LogP contribution in [0.5, 0.6) is 0 Å². The molecule has 0 atom stereocenters. The van der Waals surface area contributed by atoms with Gasteiger partial charge in [0.15, 0.2) is 5.82 Å². The lowest BCUT2D eigenvalue weighted by molar-refractivity contribution is -0.119. The number of hydrogen-bond acceptors (Lipinski definition) is 5. The van der Waals surface area contributed by atoms with Crippen LogP contribution in [0, 0.1) is 5.82 Å². The lowest BCUT2D eigenvalue weighted by Crippen LogP contribution is -2.34. The second kappa shape index (κ2) is 7.00. The first-order valence-electron chi connectivity index (χ1n) is 8.52. The molecule has 6 heteroatoms. The number of carbonyl (C=O) groups is 1. The first kappa shape index (κ1) is 16.3. The van der Waals surface area contributed by atoms with Gasteiger partial charge in [-0.25, -0.2) is 14.4 Å². The van der Waals surface area contributed by atoms with Gasteiger partial charge in [-0.2, -0.15) is 0 Å². The summed E-state index contributed by atoms with van der Waals surface area (Å²) in [6.45, 7) is 1.23. The number of rotatable bonds is 3. The first-order valence-corrected chi connectivity index (χ1v) is 8.52. The van der Waals surface area contributed by atoms with Crippen LogP contribution in [0.3, 0.4) is 0 Å². The highest BCUT2D eigenvalue weighted by Gasteiger charge is 2.20. The van der Waals surface area contributed by atoms with Gasteiger partial charge in [0, 0.05) is 50.0 Å². The number of Topliss-reactive ketones (excluding diaryl/α,β-unsaturated/α-hetero) is 1. The Morgan fingerprint density at radius 1 is 0.962 bits per heavy atom. The molecule has 0 bridgehead atoms. The predicted molar refractivity (Wildman–Crippen MR) is 97.1 cm³/mol. The second-order valence-electron chi connectivity index (χ2n) is 6.18. The van der Waals surface area contributed by atoms with Crippen molar-refractivity contribution < 1.29 is 9.18 Å². The van der Waals surface area contributed by atoms with Crippen LogP contribution in [-0.4, -0.2) is 33.8 Å². The normalized spacial score (nSPS) is 14.5. The van der Waals surface area contributed by atoms with Crippen molar-refractivity contribution in [3.63, 3.8) is 0 Å². The molecule has 130 valence electrons. The van der Waals surface area contributed by atoms with Crippen molar-refractivity contribution in [2.24, 2.45) is 0 Å². The predicted octanol–water partition coefficient (Wildman–Crippen LogP) is 3.51. The monoisotopic (exact) mass is 348 g/mol. The minimum absolute atomic E-state index is 0.263. The van der Waals surface area contributed by atoms with Gasteiger partial charge in [0.1, 0.15) is 17.4 Å². The molecular formula is C20H17FN4O. The van der Waals surface area contributed by atoms with Crippen molar-refractivity contribution in [3.05, 3.63) is 60.7 Å². The topological polar surface area (TPSA) is 59.0 Å². The molecule has 5 nitrogen and oxygen atoms in total. The van der Waals surface area contributed by atoms with Gasteiger partial charge in [-0.15, -0.1) is 0 Å². The molecule has 26 heavy (non-hydrogen) atoms. The fourth-order valence-electron chi connectivity index (χ4n) is 3.02. The van der Waals surface area contributed by atoms with Crippen LogP contribution >= 0.6 is 0 Å². The number of anilines is 1. The van der Waals surface area contributed by atoms with Crippen molar-refractivity contribution in [1.82, 2.24) is 15.0 Å². The Kier molecular flexibility index (Phi) is 4.39. The van der Waals surface area contributed by atoms with Gasteiger partial charge in [-0.05, 0) is 24.3 Å². The first-order chi connectivity index (χ1) is 12.7. The summed E-state index contributed by atoms with van der Waals surface area (Å²) in [7, 11) is 0. The molecule has 1 aliphatic rings. The lowest BCUT2D eigenvalue weighted by atomic mass is 10.1. The van der Waals surface area contributed by atoms with E-state index >= 15 is 0 Å². The zero-order valence-corrected chi connectivity index (χ0v) is 14.1. The van der Waals surface area contributed by atoms with Crippen molar-refractivity contribution in [2.45, 2.75) is 12.8 Å². The largest absolute Gasteiger partial charge is 0.356 e. The highest BCUT2D eigenvalue weighted by Crippen LogP contribution is 2.28. The molecule has 1 aromatic carbocycles. The summed E-state index contributed by atoms with van der Waals surface area (Å²) >= 11 is 0. The number of aromatic nitrogens is 3. The third kappa shape index (κ3) is 3.31. The quantitative estimate of drug-likeness (QED) is 0.725. The van der Waals surface area contributed by atoms with Gasteiger partial charge in [0.25, 0.3) is 0 Å². The molecule has 0 aliphatic carbocycles. The van der Waals surface area contributed by atoms with Crippen LogP contribution in [0.15, 0.2) is 54.9 Å². The Bertz CT molecular complexity index is 936. The van der Waals surface area contributed by atoms with Crippen LogP contribution in [-0.2, 0) is 4.79 Å². The summed E-state index contributed by atoms with van der Waals surface area (Å²) in [5, 5.41) is 0. The molecule has 0 amide bonds. The maximum absolute atomic E-state index is 14.3. The van der Waals surface area contributed by atoms with Crippen LogP contribution in [0.1, 0.15) is 12.8 Å². The zero-order valence-electron chi connectivity index (χ0n) is 14.1. The number of ketones is 1. The molecule has 0 radical (unpaired) electrons. The van der Waals surface area contributed by atoms with Gasteiger partial charge in [-0.3, -0.25) is 9.78 Å². The minimum Gasteiger partial charge on any atom is -0.356 e. The Morgan fingerprint density at radius 2 is 1.69 bits per heavy atom. The molecule has 3 heterocycles. The molecule has 1 saturated heterocycles. The Balaban J connectivity index is 1.82. The Hall–Kier alpha value is -3.15. The fraction of sp³-hybridized carbons (Fsp3) is 0.200. The van der Waals surface area contributed by atoms with E-state index in [1.165, 1.54) is 6.07 Å². The van der Waals surface area contributed by atoms with Crippen molar-refractivity contribution in [1.29, 1.82) is 0 Å². The van der Waals surface area contributed by atoms with E-state index < -0.39 is 0 Å². The molecule has 1 aliphatic heterocycles. The van der Waals surface area contributed by atoms with Crippen LogP contribution in [0.2, 0.25) is 0 Å². The average molecular weight is 348 g/mol. The molecule has 3 aromatic rings. The van der Waals surface area contributed by atoms with Crippen LogP contribution in [0.4, 0.5) is 10.2 Å². The maximum atomic E-state index is 14.3. The SMILES string of the molecule is O=C1CCN(c2cc(-c3ccncc3)nc(-c3ccccc3F)n2)CC1. The molecule has 2 aromatic heterocycles. The van der Waals surface area contributed by atoms with E-state index in [1.54, 1.807) is 30.6 Å². The summed E-state index contributed by atoms with van der Waals surface area (Å²) in [4.78, 5) is 26.8. The van der Waals surface area contributed by atoms with E-state index in [-0.39, 0.29) is 11.6 Å². The summed E-state index contributed by atoms with van der Waals surface area (Å²) in [6, 6.07) is 12.1. The van der Waals surface area contributed by atoms with Crippen molar-refractivity contribution >= 4 is 11.6 Å².